The molecule has 0 aliphatic rings. The summed E-state index contributed by atoms with van der Waals surface area (Å²) in [7, 11) is 0. The van der Waals surface area contributed by atoms with E-state index in [1.54, 1.807) is 29.6 Å². The monoisotopic (exact) mass is 299 g/mol. The number of thiazole rings is 1. The molecule has 0 saturated carbocycles. The van der Waals surface area contributed by atoms with Crippen molar-refractivity contribution in [2.75, 3.05) is 5.32 Å². The van der Waals surface area contributed by atoms with Gasteiger partial charge in [0.05, 0.1) is 6.07 Å². The van der Waals surface area contributed by atoms with Gasteiger partial charge in [-0.15, -0.1) is 11.3 Å². The number of carbonyl (C=O) groups is 2. The van der Waals surface area contributed by atoms with Gasteiger partial charge in [0, 0.05) is 29.2 Å². The maximum Gasteiger partial charge on any atom is 0.221 e. The van der Waals surface area contributed by atoms with Gasteiger partial charge in [0.15, 0.2) is 11.7 Å². The third-order valence-corrected chi connectivity index (χ3v) is 3.77. The molecule has 1 N–H and O–H groups in total. The average molecular weight is 299 g/mol. The van der Waals surface area contributed by atoms with E-state index in [0.717, 1.165) is 5.69 Å². The van der Waals surface area contributed by atoms with Gasteiger partial charge in [-0.05, 0) is 19.1 Å². The molecule has 0 saturated heterocycles. The van der Waals surface area contributed by atoms with Crippen LogP contribution >= 0.6 is 11.3 Å². The molecule has 1 amide bonds. The number of rotatable bonds is 4. The first-order chi connectivity index (χ1) is 10.0. The van der Waals surface area contributed by atoms with E-state index in [2.05, 4.69) is 10.3 Å². The van der Waals surface area contributed by atoms with Crippen molar-refractivity contribution in [1.29, 1.82) is 5.26 Å². The second kappa shape index (κ2) is 6.29. The van der Waals surface area contributed by atoms with Crippen LogP contribution in [0.4, 0.5) is 5.69 Å². The number of hydrogen-bond acceptors (Lipinski definition) is 5. The molecule has 2 rings (SSSR count). The topological polar surface area (TPSA) is 82.9 Å². The summed E-state index contributed by atoms with van der Waals surface area (Å²) in [5.74, 6) is -1.46. The van der Waals surface area contributed by atoms with Crippen molar-refractivity contribution in [3.8, 4) is 6.07 Å². The quantitative estimate of drug-likeness (QED) is 0.880. The lowest BCUT2D eigenvalue weighted by molar-refractivity contribution is -0.114. The highest BCUT2D eigenvalue weighted by molar-refractivity contribution is 7.10. The van der Waals surface area contributed by atoms with Crippen LogP contribution in [-0.4, -0.2) is 16.7 Å². The first kappa shape index (κ1) is 14.9. The average Bonchev–Trinajstić information content (AvgIpc) is 2.85. The Bertz CT molecular complexity index is 731. The van der Waals surface area contributed by atoms with Crippen LogP contribution in [0.25, 0.3) is 0 Å². The van der Waals surface area contributed by atoms with Crippen LogP contribution in [0.2, 0.25) is 0 Å². The molecule has 6 heteroatoms. The molecule has 0 spiro atoms. The third kappa shape index (κ3) is 3.52. The lowest BCUT2D eigenvalue weighted by Crippen LogP contribution is -2.12. The summed E-state index contributed by atoms with van der Waals surface area (Å²) < 4.78 is 0. The number of ketones is 1. The van der Waals surface area contributed by atoms with Crippen LogP contribution in [-0.2, 0) is 4.79 Å². The Morgan fingerprint density at radius 1 is 1.43 bits per heavy atom. The summed E-state index contributed by atoms with van der Waals surface area (Å²) in [6.07, 6.45) is 0. The minimum absolute atomic E-state index is 0.216. The Balaban J connectivity index is 2.30. The molecular formula is C15H13N3O2S. The summed E-state index contributed by atoms with van der Waals surface area (Å²) in [5, 5.41) is 14.2. The van der Waals surface area contributed by atoms with E-state index in [4.69, 9.17) is 0 Å². The Morgan fingerprint density at radius 3 is 2.76 bits per heavy atom. The molecule has 0 radical (unpaired) electrons. The second-order valence-corrected chi connectivity index (χ2v) is 5.41. The fraction of sp³-hybridized carbons (Fsp3) is 0.200. The zero-order valence-electron chi connectivity index (χ0n) is 11.6. The molecule has 21 heavy (non-hydrogen) atoms. The number of aromatic nitrogens is 1. The summed E-state index contributed by atoms with van der Waals surface area (Å²) >= 11 is 1.30. The van der Waals surface area contributed by atoms with E-state index in [0.29, 0.717) is 16.3 Å². The zero-order chi connectivity index (χ0) is 15.4. The number of nitriles is 1. The van der Waals surface area contributed by atoms with Gasteiger partial charge in [0.2, 0.25) is 5.91 Å². The van der Waals surface area contributed by atoms with Crippen molar-refractivity contribution in [1.82, 2.24) is 4.98 Å². The molecule has 1 atom stereocenters. The zero-order valence-corrected chi connectivity index (χ0v) is 12.4. The van der Waals surface area contributed by atoms with Gasteiger partial charge < -0.3 is 5.32 Å². The van der Waals surface area contributed by atoms with Crippen LogP contribution in [0.15, 0.2) is 29.6 Å². The van der Waals surface area contributed by atoms with Crippen molar-refractivity contribution in [3.63, 3.8) is 0 Å². The number of Topliss-reactive ketones (excluding diaryl/α,β-unsaturated/α-hetero) is 1. The summed E-state index contributed by atoms with van der Waals surface area (Å²) in [6, 6.07) is 8.54. The Morgan fingerprint density at radius 2 is 2.19 bits per heavy atom. The van der Waals surface area contributed by atoms with Gasteiger partial charge in [-0.25, -0.2) is 4.98 Å². The summed E-state index contributed by atoms with van der Waals surface area (Å²) in [5.41, 5.74) is 1.69. The molecule has 1 heterocycles. The number of aryl methyl sites for hydroxylation is 1. The molecule has 1 aromatic heterocycles. The van der Waals surface area contributed by atoms with Crippen LogP contribution in [0, 0.1) is 18.3 Å². The van der Waals surface area contributed by atoms with E-state index >= 15 is 0 Å². The molecule has 0 aliphatic carbocycles. The molecule has 1 unspecified atom stereocenters. The van der Waals surface area contributed by atoms with Gasteiger partial charge in [-0.1, -0.05) is 12.1 Å². The minimum Gasteiger partial charge on any atom is -0.326 e. The van der Waals surface area contributed by atoms with Gasteiger partial charge in [-0.2, -0.15) is 5.26 Å². The van der Waals surface area contributed by atoms with Crippen molar-refractivity contribution < 1.29 is 9.59 Å². The number of hydrogen-bond donors (Lipinski definition) is 1. The number of carbonyl (C=O) groups excluding carboxylic acids is 2. The summed E-state index contributed by atoms with van der Waals surface area (Å²) in [4.78, 5) is 27.7. The van der Waals surface area contributed by atoms with Crippen LogP contribution in [0.5, 0.6) is 0 Å². The number of anilines is 1. The number of nitrogens with zero attached hydrogens (tertiary/aromatic N) is 2. The van der Waals surface area contributed by atoms with Gasteiger partial charge >= 0.3 is 0 Å². The summed E-state index contributed by atoms with van der Waals surface area (Å²) in [6.45, 7) is 3.21. The smallest absolute Gasteiger partial charge is 0.221 e. The highest BCUT2D eigenvalue weighted by atomic mass is 32.1. The lowest BCUT2D eigenvalue weighted by Gasteiger charge is -2.07. The maximum atomic E-state index is 12.5. The Kier molecular flexibility index (Phi) is 4.45. The number of benzene rings is 1. The van der Waals surface area contributed by atoms with E-state index < -0.39 is 5.92 Å². The van der Waals surface area contributed by atoms with Crippen molar-refractivity contribution >= 4 is 28.7 Å². The Labute approximate surface area is 126 Å². The van der Waals surface area contributed by atoms with E-state index in [-0.39, 0.29) is 11.7 Å². The molecular weight excluding hydrogens is 286 g/mol. The SMILES string of the molecule is CC(=O)Nc1cccc(C(=O)C(C#N)c2nc(C)cs2)c1. The molecule has 0 aliphatic heterocycles. The van der Waals surface area contributed by atoms with Crippen molar-refractivity contribution in [2.45, 2.75) is 19.8 Å². The van der Waals surface area contributed by atoms with Crippen molar-refractivity contribution in [3.05, 3.63) is 45.9 Å². The molecule has 0 bridgehead atoms. The predicted octanol–water partition coefficient (Wildman–Crippen LogP) is 2.90. The Hall–Kier alpha value is -2.52. The minimum atomic E-state index is -0.920. The van der Waals surface area contributed by atoms with Crippen LogP contribution in [0.1, 0.15) is 33.9 Å². The lowest BCUT2D eigenvalue weighted by atomic mass is 9.99. The normalized spacial score (nSPS) is 11.5. The highest BCUT2D eigenvalue weighted by Crippen LogP contribution is 2.24. The molecule has 1 aromatic carbocycles. The molecule has 2 aromatic rings. The maximum absolute atomic E-state index is 12.5. The largest absolute Gasteiger partial charge is 0.326 e. The standard InChI is InChI=1S/C15H13N3O2S/c1-9-8-21-15(17-9)13(7-16)14(20)11-4-3-5-12(6-11)18-10(2)19/h3-6,8,13H,1-2H3,(H,18,19). The molecule has 0 fully saturated rings. The number of nitrogens with one attached hydrogen (secondary N) is 1. The fourth-order valence-electron chi connectivity index (χ4n) is 1.85. The second-order valence-electron chi connectivity index (χ2n) is 4.52. The predicted molar refractivity (Wildman–Crippen MR) is 80.3 cm³/mol. The van der Waals surface area contributed by atoms with Gasteiger partial charge in [0.1, 0.15) is 5.01 Å². The fourth-order valence-corrected chi connectivity index (χ4v) is 2.69. The van der Waals surface area contributed by atoms with Crippen molar-refractivity contribution in [2.24, 2.45) is 0 Å². The van der Waals surface area contributed by atoms with E-state index in [1.807, 2.05) is 13.0 Å². The molecule has 106 valence electrons. The molecule has 5 nitrogen and oxygen atoms in total. The van der Waals surface area contributed by atoms with Gasteiger partial charge in [-0.3, -0.25) is 9.59 Å². The van der Waals surface area contributed by atoms with Crippen LogP contribution < -0.4 is 5.32 Å². The van der Waals surface area contributed by atoms with Gasteiger partial charge in [0.25, 0.3) is 0 Å². The third-order valence-electron chi connectivity index (χ3n) is 2.74. The van der Waals surface area contributed by atoms with Crippen LogP contribution in [0.3, 0.4) is 0 Å². The first-order valence-electron chi connectivity index (χ1n) is 6.24. The van der Waals surface area contributed by atoms with E-state index in [9.17, 15) is 14.9 Å². The van der Waals surface area contributed by atoms with E-state index in [1.165, 1.54) is 18.3 Å². The number of amides is 1. The highest BCUT2D eigenvalue weighted by Gasteiger charge is 2.24. The first-order valence-corrected chi connectivity index (χ1v) is 7.12.